The van der Waals surface area contributed by atoms with E-state index in [1.807, 2.05) is 13.8 Å². The van der Waals surface area contributed by atoms with E-state index in [2.05, 4.69) is 4.98 Å². The molecule has 140 valence electrons. The SMILES string of the molecule is CO[C@@H]1[C@@H](O)[C@@H](CO)O[C@H]1n1cc(N(C=O)CC(C)C)c(=O)[nH]c1=O. The Labute approximate surface area is 143 Å². The molecule has 2 rings (SSSR count). The second kappa shape index (κ2) is 7.91. The zero-order valence-corrected chi connectivity index (χ0v) is 14.3. The van der Waals surface area contributed by atoms with Gasteiger partial charge in [-0.05, 0) is 5.92 Å². The van der Waals surface area contributed by atoms with Crippen LogP contribution < -0.4 is 16.1 Å². The monoisotopic (exact) mass is 357 g/mol. The average Bonchev–Trinajstić information content (AvgIpc) is 2.88. The number of aromatic amines is 1. The Kier molecular flexibility index (Phi) is 6.11. The van der Waals surface area contributed by atoms with Crippen molar-refractivity contribution in [2.75, 3.05) is 25.2 Å². The summed E-state index contributed by atoms with van der Waals surface area (Å²) < 4.78 is 11.7. The molecule has 10 nitrogen and oxygen atoms in total. The van der Waals surface area contributed by atoms with Crippen molar-refractivity contribution in [3.63, 3.8) is 0 Å². The third kappa shape index (κ3) is 3.82. The second-order valence-electron chi connectivity index (χ2n) is 6.27. The highest BCUT2D eigenvalue weighted by Gasteiger charge is 2.45. The molecule has 1 aliphatic heterocycles. The van der Waals surface area contributed by atoms with Crippen LogP contribution in [0.4, 0.5) is 5.69 Å². The fourth-order valence-electron chi connectivity index (χ4n) is 2.81. The topological polar surface area (TPSA) is 134 Å². The molecule has 1 aromatic rings. The van der Waals surface area contributed by atoms with Gasteiger partial charge in [0, 0.05) is 19.9 Å². The summed E-state index contributed by atoms with van der Waals surface area (Å²) in [7, 11) is 1.33. The lowest BCUT2D eigenvalue weighted by Crippen LogP contribution is -2.41. The van der Waals surface area contributed by atoms with Crippen LogP contribution in [0.2, 0.25) is 0 Å². The quantitative estimate of drug-likeness (QED) is 0.501. The van der Waals surface area contributed by atoms with Gasteiger partial charge in [0.2, 0.25) is 6.41 Å². The van der Waals surface area contributed by atoms with Crippen molar-refractivity contribution in [2.45, 2.75) is 38.4 Å². The molecule has 0 aromatic carbocycles. The molecule has 0 radical (unpaired) electrons. The number of aliphatic hydroxyl groups excluding tert-OH is 2. The van der Waals surface area contributed by atoms with Gasteiger partial charge in [0.15, 0.2) is 6.23 Å². The number of methoxy groups -OCH3 is 1. The van der Waals surface area contributed by atoms with Gasteiger partial charge in [-0.15, -0.1) is 0 Å². The van der Waals surface area contributed by atoms with Gasteiger partial charge in [-0.25, -0.2) is 4.79 Å². The van der Waals surface area contributed by atoms with Gasteiger partial charge in [-0.1, -0.05) is 13.8 Å². The van der Waals surface area contributed by atoms with Gasteiger partial charge in [-0.3, -0.25) is 19.1 Å². The van der Waals surface area contributed by atoms with E-state index in [1.54, 1.807) is 0 Å². The minimum atomic E-state index is -1.15. The molecule has 1 saturated heterocycles. The highest BCUT2D eigenvalue weighted by atomic mass is 16.6. The van der Waals surface area contributed by atoms with E-state index in [-0.39, 0.29) is 18.2 Å². The summed E-state index contributed by atoms with van der Waals surface area (Å²) in [4.78, 5) is 39.0. The molecular formula is C15H23N3O7. The Bertz CT molecular complexity index is 714. The molecule has 25 heavy (non-hydrogen) atoms. The summed E-state index contributed by atoms with van der Waals surface area (Å²) in [6.45, 7) is 3.58. The number of nitrogens with zero attached hydrogens (tertiary/aromatic N) is 2. The number of nitrogens with one attached hydrogen (secondary N) is 1. The summed E-state index contributed by atoms with van der Waals surface area (Å²) in [5, 5.41) is 19.4. The molecule has 1 fully saturated rings. The molecular weight excluding hydrogens is 334 g/mol. The van der Waals surface area contributed by atoms with Crippen LogP contribution in [-0.2, 0) is 14.3 Å². The Hall–Kier alpha value is -2.01. The second-order valence-corrected chi connectivity index (χ2v) is 6.27. The summed E-state index contributed by atoms with van der Waals surface area (Å²) in [6, 6.07) is 0. The van der Waals surface area contributed by atoms with Crippen molar-refractivity contribution >= 4 is 12.1 Å². The van der Waals surface area contributed by atoms with Crippen molar-refractivity contribution in [1.82, 2.24) is 9.55 Å². The van der Waals surface area contributed by atoms with Gasteiger partial charge in [0.25, 0.3) is 5.56 Å². The van der Waals surface area contributed by atoms with E-state index in [9.17, 15) is 24.6 Å². The molecule has 1 aromatic heterocycles. The maximum atomic E-state index is 12.2. The zero-order valence-electron chi connectivity index (χ0n) is 14.3. The minimum Gasteiger partial charge on any atom is -0.394 e. The van der Waals surface area contributed by atoms with E-state index in [0.717, 1.165) is 4.57 Å². The molecule has 0 aliphatic carbocycles. The largest absolute Gasteiger partial charge is 0.394 e. The smallest absolute Gasteiger partial charge is 0.330 e. The molecule has 0 bridgehead atoms. The number of aliphatic hydroxyl groups is 2. The van der Waals surface area contributed by atoms with Gasteiger partial charge >= 0.3 is 5.69 Å². The standard InChI is InChI=1S/C15H23N3O7/c1-8(2)4-17(7-20)9-5-18(15(23)16-13(9)22)14-12(24-3)11(21)10(6-19)25-14/h5,7-8,10-12,14,19,21H,4,6H2,1-3H3,(H,16,22,23)/t10-,11+,12-,14-/m1/s1. The van der Waals surface area contributed by atoms with Crippen molar-refractivity contribution in [3.05, 3.63) is 27.0 Å². The van der Waals surface area contributed by atoms with E-state index in [1.165, 1.54) is 18.2 Å². The normalized spacial score (nSPS) is 26.2. The minimum absolute atomic E-state index is 0.0244. The first-order valence-electron chi connectivity index (χ1n) is 7.88. The number of anilines is 1. The van der Waals surface area contributed by atoms with E-state index in [0.29, 0.717) is 6.41 Å². The van der Waals surface area contributed by atoms with Crippen LogP contribution in [0.15, 0.2) is 15.8 Å². The molecule has 10 heteroatoms. The number of carbonyl (C=O) groups is 1. The number of rotatable bonds is 7. The van der Waals surface area contributed by atoms with E-state index in [4.69, 9.17) is 9.47 Å². The molecule has 0 saturated carbocycles. The number of ether oxygens (including phenoxy) is 2. The van der Waals surface area contributed by atoms with Crippen molar-refractivity contribution in [1.29, 1.82) is 0 Å². The zero-order chi connectivity index (χ0) is 18.7. The molecule has 0 spiro atoms. The van der Waals surface area contributed by atoms with Gasteiger partial charge < -0.3 is 24.6 Å². The number of H-pyrrole nitrogens is 1. The number of hydrogen-bond acceptors (Lipinski definition) is 7. The number of carbonyl (C=O) groups excluding carboxylic acids is 1. The Morgan fingerprint density at radius 2 is 2.16 bits per heavy atom. The van der Waals surface area contributed by atoms with Crippen LogP contribution in [0.3, 0.4) is 0 Å². The first-order chi connectivity index (χ1) is 11.8. The van der Waals surface area contributed by atoms with Gasteiger partial charge in [0.1, 0.15) is 24.0 Å². The molecule has 4 atom stereocenters. The van der Waals surface area contributed by atoms with Crippen LogP contribution in [0.1, 0.15) is 20.1 Å². The molecule has 1 aliphatic rings. The fourth-order valence-corrected chi connectivity index (χ4v) is 2.81. The Balaban J connectivity index is 2.48. The van der Waals surface area contributed by atoms with Gasteiger partial charge in [-0.2, -0.15) is 0 Å². The molecule has 0 unspecified atom stereocenters. The van der Waals surface area contributed by atoms with E-state index < -0.39 is 42.4 Å². The molecule has 1 amide bonds. The Morgan fingerprint density at radius 3 is 2.68 bits per heavy atom. The van der Waals surface area contributed by atoms with Crippen LogP contribution in [0.5, 0.6) is 0 Å². The van der Waals surface area contributed by atoms with Crippen molar-refractivity contribution in [3.8, 4) is 0 Å². The lowest BCUT2D eigenvalue weighted by Gasteiger charge is -2.23. The predicted octanol–water partition coefficient (Wildman–Crippen LogP) is -1.58. The third-order valence-electron chi connectivity index (χ3n) is 3.99. The lowest BCUT2D eigenvalue weighted by atomic mass is 10.1. The summed E-state index contributed by atoms with van der Waals surface area (Å²) in [6.07, 6.45) is -2.37. The fraction of sp³-hybridized carbons (Fsp3) is 0.667. The maximum absolute atomic E-state index is 12.2. The summed E-state index contributed by atoms with van der Waals surface area (Å²) >= 11 is 0. The number of aromatic nitrogens is 2. The van der Waals surface area contributed by atoms with Crippen LogP contribution in [0, 0.1) is 5.92 Å². The van der Waals surface area contributed by atoms with Crippen molar-refractivity contribution in [2.24, 2.45) is 5.92 Å². The van der Waals surface area contributed by atoms with Crippen molar-refractivity contribution < 1.29 is 24.5 Å². The highest BCUT2D eigenvalue weighted by Crippen LogP contribution is 2.30. The molecule has 3 N–H and O–H groups in total. The average molecular weight is 357 g/mol. The Morgan fingerprint density at radius 1 is 1.48 bits per heavy atom. The highest BCUT2D eigenvalue weighted by molar-refractivity contribution is 5.73. The predicted molar refractivity (Wildman–Crippen MR) is 87.4 cm³/mol. The van der Waals surface area contributed by atoms with Crippen LogP contribution in [0.25, 0.3) is 0 Å². The number of hydrogen-bond donors (Lipinski definition) is 3. The first-order valence-corrected chi connectivity index (χ1v) is 7.88. The maximum Gasteiger partial charge on any atom is 0.330 e. The van der Waals surface area contributed by atoms with Gasteiger partial charge in [0.05, 0.1) is 6.61 Å². The third-order valence-corrected chi connectivity index (χ3v) is 3.99. The first kappa shape index (κ1) is 19.3. The summed E-state index contributed by atoms with van der Waals surface area (Å²) in [5.41, 5.74) is -1.51. The molecule has 2 heterocycles. The van der Waals surface area contributed by atoms with Crippen LogP contribution >= 0.6 is 0 Å². The lowest BCUT2D eigenvalue weighted by molar-refractivity contribution is -0.107. The van der Waals surface area contributed by atoms with Crippen LogP contribution in [-0.4, -0.2) is 64.7 Å². The number of amides is 1. The summed E-state index contributed by atoms with van der Waals surface area (Å²) in [5.74, 6) is 0.0972. The van der Waals surface area contributed by atoms with E-state index >= 15 is 0 Å².